The predicted molar refractivity (Wildman–Crippen MR) is 136 cm³/mol. The number of H-pyrrole nitrogens is 2. The second-order valence-corrected chi connectivity index (χ2v) is 7.56. The number of allylic oxidation sites excluding steroid dienone is 5. The lowest BCUT2D eigenvalue weighted by Crippen LogP contribution is -2.24. The first-order valence-electron chi connectivity index (χ1n) is 11.4. The predicted octanol–water partition coefficient (Wildman–Crippen LogP) is 2.71. The van der Waals surface area contributed by atoms with E-state index >= 15 is 0 Å². The monoisotopic (exact) mass is 470 g/mol. The molecule has 0 aromatic carbocycles. The van der Waals surface area contributed by atoms with Crippen LogP contribution in [0.4, 0.5) is 0 Å². The van der Waals surface area contributed by atoms with Crippen LogP contribution in [0.2, 0.25) is 0 Å². The standard InChI is InChI=1S/C27H26N4O4/c1-4-17-9-12-22(29-17)25(27(33)35-6-3)23-14-11-19(31-23)16-18-10-13-21(30-18)24(26(32)34-5-2)20-8-7-15-28-20/h4,7-16,30-31H,5-6H2,1-3H3/b17-4-,19-16-,24-20+,25-23?. The molecule has 4 heterocycles. The van der Waals surface area contributed by atoms with Crippen LogP contribution < -0.4 is 10.7 Å². The SMILES string of the molecule is C/C=C1/C=CC(C(C(=O)OCC)=c2cc/c(=C/c3ccc(/C(C(=O)OCC)=C4/C=CC=N4)[nH]3)[nH]2)=N1. The fraction of sp³-hybridized carbons (Fsp3) is 0.185. The maximum absolute atomic E-state index is 12.7. The van der Waals surface area contributed by atoms with E-state index in [0.29, 0.717) is 33.6 Å². The summed E-state index contributed by atoms with van der Waals surface area (Å²) in [5, 5.41) is 1.36. The Morgan fingerprint density at radius 3 is 2.37 bits per heavy atom. The smallest absolute Gasteiger partial charge is 0.342 e. The van der Waals surface area contributed by atoms with Gasteiger partial charge in [0.05, 0.1) is 41.4 Å². The van der Waals surface area contributed by atoms with E-state index in [0.717, 1.165) is 16.7 Å². The Morgan fingerprint density at radius 1 is 0.943 bits per heavy atom. The molecule has 4 rings (SSSR count). The molecule has 2 N–H and O–H groups in total. The molecule has 178 valence electrons. The first kappa shape index (κ1) is 23.7. The lowest BCUT2D eigenvalue weighted by Gasteiger charge is -2.06. The number of aliphatic imine (C=N–C) groups is 2. The van der Waals surface area contributed by atoms with E-state index in [4.69, 9.17) is 9.47 Å². The summed E-state index contributed by atoms with van der Waals surface area (Å²) in [4.78, 5) is 40.5. The number of aromatic amines is 2. The molecular formula is C27H26N4O4. The lowest BCUT2D eigenvalue weighted by molar-refractivity contribution is -0.136. The van der Waals surface area contributed by atoms with Gasteiger partial charge in [-0.1, -0.05) is 6.08 Å². The minimum Gasteiger partial charge on any atom is -0.462 e. The molecule has 35 heavy (non-hydrogen) atoms. The third-order valence-electron chi connectivity index (χ3n) is 5.25. The molecular weight excluding hydrogens is 444 g/mol. The van der Waals surface area contributed by atoms with Crippen molar-refractivity contribution in [1.29, 1.82) is 0 Å². The molecule has 8 heteroatoms. The molecule has 0 saturated carbocycles. The zero-order valence-electron chi connectivity index (χ0n) is 19.8. The normalized spacial score (nSPS) is 18.3. The zero-order valence-corrected chi connectivity index (χ0v) is 19.8. The van der Waals surface area contributed by atoms with Crippen LogP contribution >= 0.6 is 0 Å². The van der Waals surface area contributed by atoms with Crippen LogP contribution in [0.5, 0.6) is 0 Å². The van der Waals surface area contributed by atoms with Crippen molar-refractivity contribution < 1.29 is 19.1 Å². The van der Waals surface area contributed by atoms with Crippen LogP contribution in [-0.2, 0) is 19.1 Å². The highest BCUT2D eigenvalue weighted by Crippen LogP contribution is 2.24. The van der Waals surface area contributed by atoms with Gasteiger partial charge >= 0.3 is 11.9 Å². The number of nitrogens with one attached hydrogen (secondary N) is 2. The minimum absolute atomic E-state index is 0.262. The number of esters is 2. The van der Waals surface area contributed by atoms with Gasteiger partial charge in [-0.05, 0) is 75.4 Å². The molecule has 2 aromatic heterocycles. The molecule has 0 fully saturated rings. The van der Waals surface area contributed by atoms with Crippen LogP contribution in [0.3, 0.4) is 0 Å². The molecule has 2 aliphatic rings. The fourth-order valence-corrected chi connectivity index (χ4v) is 3.69. The molecule has 0 unspecified atom stereocenters. The Balaban J connectivity index is 1.73. The van der Waals surface area contributed by atoms with E-state index in [1.807, 2.05) is 49.4 Å². The van der Waals surface area contributed by atoms with E-state index in [-0.39, 0.29) is 13.2 Å². The van der Waals surface area contributed by atoms with E-state index < -0.39 is 11.9 Å². The van der Waals surface area contributed by atoms with Crippen LogP contribution in [-0.4, -0.2) is 47.0 Å². The second-order valence-electron chi connectivity index (χ2n) is 7.56. The Labute approximate surface area is 202 Å². The van der Waals surface area contributed by atoms with Gasteiger partial charge in [0.25, 0.3) is 0 Å². The number of nitrogens with zero attached hydrogens (tertiary/aromatic N) is 2. The quantitative estimate of drug-likeness (QED) is 0.479. The van der Waals surface area contributed by atoms with Gasteiger partial charge in [-0.2, -0.15) is 0 Å². The van der Waals surface area contributed by atoms with E-state index in [9.17, 15) is 9.59 Å². The molecule has 0 bridgehead atoms. The first-order chi connectivity index (χ1) is 17.0. The molecule has 0 spiro atoms. The third kappa shape index (κ3) is 5.22. The number of hydrogen-bond donors (Lipinski definition) is 2. The van der Waals surface area contributed by atoms with Crippen LogP contribution in [0.15, 0.2) is 76.0 Å². The summed E-state index contributed by atoms with van der Waals surface area (Å²) >= 11 is 0. The number of rotatable bonds is 7. The highest BCUT2D eigenvalue weighted by atomic mass is 16.5. The largest absolute Gasteiger partial charge is 0.462 e. The van der Waals surface area contributed by atoms with Crippen molar-refractivity contribution in [3.05, 3.63) is 88.1 Å². The van der Waals surface area contributed by atoms with Crippen molar-refractivity contribution in [1.82, 2.24) is 9.97 Å². The summed E-state index contributed by atoms with van der Waals surface area (Å²) in [5.41, 5.74) is 3.96. The van der Waals surface area contributed by atoms with Gasteiger partial charge in [-0.15, -0.1) is 0 Å². The molecule has 0 amide bonds. The van der Waals surface area contributed by atoms with Crippen LogP contribution in [0.25, 0.3) is 17.2 Å². The van der Waals surface area contributed by atoms with Crippen molar-refractivity contribution >= 4 is 41.1 Å². The van der Waals surface area contributed by atoms with Crippen molar-refractivity contribution in [3.8, 4) is 0 Å². The molecule has 0 aliphatic carbocycles. The fourth-order valence-electron chi connectivity index (χ4n) is 3.69. The van der Waals surface area contributed by atoms with E-state index in [1.54, 1.807) is 38.3 Å². The lowest BCUT2D eigenvalue weighted by atomic mass is 10.1. The molecule has 0 radical (unpaired) electrons. The minimum atomic E-state index is -0.445. The number of carbonyl (C=O) groups is 2. The Bertz CT molecular complexity index is 1440. The topological polar surface area (TPSA) is 109 Å². The van der Waals surface area contributed by atoms with Crippen LogP contribution in [0, 0.1) is 0 Å². The highest BCUT2D eigenvalue weighted by molar-refractivity contribution is 6.44. The number of hydrogen-bond acceptors (Lipinski definition) is 6. The maximum atomic E-state index is 12.7. The summed E-state index contributed by atoms with van der Waals surface area (Å²) < 4.78 is 10.5. The summed E-state index contributed by atoms with van der Waals surface area (Å²) in [6.45, 7) is 5.95. The number of ether oxygens (including phenoxy) is 2. The second kappa shape index (κ2) is 10.6. The number of aromatic nitrogens is 2. The van der Waals surface area contributed by atoms with E-state index in [2.05, 4.69) is 20.0 Å². The third-order valence-corrected chi connectivity index (χ3v) is 5.25. The summed E-state index contributed by atoms with van der Waals surface area (Å²) in [7, 11) is 0. The van der Waals surface area contributed by atoms with Gasteiger partial charge < -0.3 is 19.4 Å². The summed E-state index contributed by atoms with van der Waals surface area (Å²) in [5.74, 6) is -0.888. The van der Waals surface area contributed by atoms with Crippen molar-refractivity contribution in [3.63, 3.8) is 0 Å². The van der Waals surface area contributed by atoms with Gasteiger partial charge in [-0.3, -0.25) is 4.99 Å². The molecule has 0 atom stereocenters. The molecule has 2 aromatic rings. The van der Waals surface area contributed by atoms with Gasteiger partial charge in [-0.25, -0.2) is 14.6 Å². The highest BCUT2D eigenvalue weighted by Gasteiger charge is 2.21. The zero-order chi connectivity index (χ0) is 24.8. The Hall–Kier alpha value is -4.46. The maximum Gasteiger partial charge on any atom is 0.342 e. The van der Waals surface area contributed by atoms with Gasteiger partial charge in [0.2, 0.25) is 0 Å². The van der Waals surface area contributed by atoms with Crippen molar-refractivity contribution in [2.45, 2.75) is 20.8 Å². The summed E-state index contributed by atoms with van der Waals surface area (Å²) in [6.07, 6.45) is 12.6. The molecule has 0 saturated heterocycles. The van der Waals surface area contributed by atoms with Gasteiger partial charge in [0.15, 0.2) is 0 Å². The summed E-state index contributed by atoms with van der Waals surface area (Å²) in [6, 6.07) is 7.34. The van der Waals surface area contributed by atoms with Gasteiger partial charge in [0.1, 0.15) is 11.1 Å². The Kier molecular flexibility index (Phi) is 7.21. The van der Waals surface area contributed by atoms with Crippen LogP contribution in [0.1, 0.15) is 32.2 Å². The number of carbonyl (C=O) groups excluding carboxylic acids is 2. The molecule has 2 aliphatic heterocycles. The first-order valence-corrected chi connectivity index (χ1v) is 11.4. The van der Waals surface area contributed by atoms with Crippen molar-refractivity contribution in [2.75, 3.05) is 13.2 Å². The average Bonchev–Trinajstić information content (AvgIpc) is 3.64. The Morgan fingerprint density at radius 2 is 1.71 bits per heavy atom. The van der Waals surface area contributed by atoms with Gasteiger partial charge in [0, 0.05) is 17.3 Å². The molecule has 8 nitrogen and oxygen atoms in total. The van der Waals surface area contributed by atoms with E-state index in [1.165, 1.54) is 0 Å². The van der Waals surface area contributed by atoms with Crippen molar-refractivity contribution in [2.24, 2.45) is 9.98 Å². The average molecular weight is 471 g/mol.